The summed E-state index contributed by atoms with van der Waals surface area (Å²) < 4.78 is 0. The average molecular weight is 568 g/mol. The molecule has 210 valence electrons. The number of fused-ring (bicyclic) bond motifs is 1. The van der Waals surface area contributed by atoms with E-state index in [1.165, 1.54) is 0 Å². The lowest BCUT2D eigenvalue weighted by atomic mass is 9.94. The summed E-state index contributed by atoms with van der Waals surface area (Å²) in [6.07, 6.45) is 1.54. The van der Waals surface area contributed by atoms with Crippen LogP contribution in [0.1, 0.15) is 55.8 Å². The second-order valence-electron chi connectivity index (χ2n) is 10.6. The van der Waals surface area contributed by atoms with Gasteiger partial charge in [-0.2, -0.15) is 0 Å². The molecule has 0 spiro atoms. The maximum absolute atomic E-state index is 13.7. The molecular weight excluding hydrogens is 534 g/mol. The molecule has 2 atom stereocenters. The Balaban J connectivity index is 1.66. The Hall–Kier alpha value is -4.00. The Kier molecular flexibility index (Phi) is 8.52. The molecule has 0 aromatic heterocycles. The van der Waals surface area contributed by atoms with Crippen molar-refractivity contribution in [1.29, 1.82) is 0 Å². The summed E-state index contributed by atoms with van der Waals surface area (Å²) in [6, 6.07) is 28.0. The maximum atomic E-state index is 13.7. The topological polar surface area (TPSA) is 82.0 Å². The summed E-state index contributed by atoms with van der Waals surface area (Å²) in [5, 5.41) is 15.6. The normalized spacial score (nSPS) is 18.4. The van der Waals surface area contributed by atoms with Gasteiger partial charge in [-0.3, -0.25) is 19.5 Å². The van der Waals surface area contributed by atoms with Crippen LogP contribution in [0.3, 0.4) is 0 Å². The fraction of sp³-hybridized carbons (Fsp3) is 0.265. The molecule has 0 unspecified atom stereocenters. The third-order valence-electron chi connectivity index (χ3n) is 8.03. The lowest BCUT2D eigenvalue weighted by molar-refractivity contribution is -0.137. The van der Waals surface area contributed by atoms with E-state index in [-0.39, 0.29) is 12.3 Å². The Bertz CT molecular complexity index is 1600. The lowest BCUT2D eigenvalue weighted by Crippen LogP contribution is -2.50. The van der Waals surface area contributed by atoms with Crippen molar-refractivity contribution in [3.05, 3.63) is 113 Å². The molecule has 4 aromatic rings. The van der Waals surface area contributed by atoms with E-state index >= 15 is 0 Å². The molecule has 1 heterocycles. The molecule has 1 amide bonds. The van der Waals surface area contributed by atoms with Crippen LogP contribution in [0.15, 0.2) is 96.0 Å². The minimum atomic E-state index is -0.951. The number of likely N-dealkylation sites (tertiary alicyclic amines) is 1. The van der Waals surface area contributed by atoms with Gasteiger partial charge in [0.05, 0.1) is 29.4 Å². The Morgan fingerprint density at radius 1 is 1.02 bits per heavy atom. The molecule has 0 bridgehead atoms. The molecule has 1 aliphatic heterocycles. The van der Waals surface area contributed by atoms with Crippen molar-refractivity contribution in [1.82, 2.24) is 4.90 Å². The van der Waals surface area contributed by atoms with Crippen molar-refractivity contribution < 1.29 is 14.7 Å². The van der Waals surface area contributed by atoms with Gasteiger partial charge in [-0.05, 0) is 67.4 Å². The predicted molar refractivity (Wildman–Crippen MR) is 166 cm³/mol. The number of hydrogen-bond donors (Lipinski definition) is 2. The first-order chi connectivity index (χ1) is 19.8. The molecule has 0 radical (unpaired) electrons. The van der Waals surface area contributed by atoms with Crippen LogP contribution < -0.4 is 5.32 Å². The standard InChI is InChI=1S/C34H34ClN3O3/c1-3-38-20-10-19-34(38,2)33(41)37-29-18-17-25(35)21-28(29)32(24-12-5-4-6-13-24)36-30(22-31(39)40)27-16-9-14-23-11-7-8-15-26(23)27/h4-9,11-18,21,30H,3,10,19-20,22H2,1-2H3,(H,37,41)(H,39,40)/t30-,34+/m0/s1. The van der Waals surface area contributed by atoms with Gasteiger partial charge in [0, 0.05) is 16.1 Å². The number of hydrogen-bond acceptors (Lipinski definition) is 4. The Morgan fingerprint density at radius 2 is 1.76 bits per heavy atom. The first-order valence-corrected chi connectivity index (χ1v) is 14.4. The van der Waals surface area contributed by atoms with Crippen LogP contribution in [0.4, 0.5) is 5.69 Å². The van der Waals surface area contributed by atoms with Gasteiger partial charge < -0.3 is 10.4 Å². The number of halogens is 1. The number of carbonyl (C=O) groups excluding carboxylic acids is 1. The zero-order chi connectivity index (χ0) is 29.0. The fourth-order valence-corrected chi connectivity index (χ4v) is 6.02. The zero-order valence-electron chi connectivity index (χ0n) is 23.3. The highest BCUT2D eigenvalue weighted by molar-refractivity contribution is 6.31. The van der Waals surface area contributed by atoms with Crippen LogP contribution in [-0.2, 0) is 9.59 Å². The highest BCUT2D eigenvalue weighted by atomic mass is 35.5. The Morgan fingerprint density at radius 3 is 2.51 bits per heavy atom. The van der Waals surface area contributed by atoms with E-state index in [1.807, 2.05) is 79.7 Å². The molecule has 41 heavy (non-hydrogen) atoms. The molecule has 1 saturated heterocycles. The number of likely N-dealkylation sites (N-methyl/N-ethyl adjacent to an activating group) is 1. The molecule has 7 heteroatoms. The fourth-order valence-electron chi connectivity index (χ4n) is 5.84. The second-order valence-corrected chi connectivity index (χ2v) is 11.1. The molecule has 4 aromatic carbocycles. The predicted octanol–water partition coefficient (Wildman–Crippen LogP) is 7.36. The van der Waals surface area contributed by atoms with E-state index in [0.29, 0.717) is 22.0 Å². The van der Waals surface area contributed by atoms with Crippen LogP contribution in [0, 0.1) is 0 Å². The Labute approximate surface area is 245 Å². The van der Waals surface area contributed by atoms with E-state index in [0.717, 1.165) is 47.8 Å². The number of aliphatic imine (C=N–C) groups is 1. The van der Waals surface area contributed by atoms with E-state index < -0.39 is 17.6 Å². The summed E-state index contributed by atoms with van der Waals surface area (Å²) in [7, 11) is 0. The highest BCUT2D eigenvalue weighted by Gasteiger charge is 2.42. The van der Waals surface area contributed by atoms with Crippen LogP contribution in [0.5, 0.6) is 0 Å². The molecular formula is C34H34ClN3O3. The average Bonchev–Trinajstić information content (AvgIpc) is 3.38. The van der Waals surface area contributed by atoms with Gasteiger partial charge in [0.15, 0.2) is 0 Å². The van der Waals surface area contributed by atoms with Gasteiger partial charge in [0.1, 0.15) is 0 Å². The molecule has 5 rings (SSSR count). The van der Waals surface area contributed by atoms with E-state index in [2.05, 4.69) is 17.1 Å². The van der Waals surface area contributed by atoms with E-state index in [4.69, 9.17) is 16.6 Å². The number of carboxylic acids is 1. The summed E-state index contributed by atoms with van der Waals surface area (Å²) in [5.41, 5.74) is 2.78. The van der Waals surface area contributed by atoms with Crippen molar-refractivity contribution in [3.8, 4) is 0 Å². The molecule has 0 aliphatic carbocycles. The van der Waals surface area contributed by atoms with Crippen molar-refractivity contribution in [2.45, 2.75) is 44.7 Å². The minimum absolute atomic E-state index is 0.0797. The van der Waals surface area contributed by atoms with Gasteiger partial charge in [-0.1, -0.05) is 91.3 Å². The van der Waals surface area contributed by atoms with Crippen LogP contribution in [0.2, 0.25) is 5.02 Å². The summed E-state index contributed by atoms with van der Waals surface area (Å²) in [4.78, 5) is 33.2. The number of rotatable bonds is 9. The van der Waals surface area contributed by atoms with Crippen molar-refractivity contribution in [2.75, 3.05) is 18.4 Å². The smallest absolute Gasteiger partial charge is 0.305 e. The quantitative estimate of drug-likeness (QED) is 0.207. The van der Waals surface area contributed by atoms with Gasteiger partial charge in [0.25, 0.3) is 0 Å². The van der Waals surface area contributed by atoms with Crippen LogP contribution in [0.25, 0.3) is 10.8 Å². The third kappa shape index (κ3) is 6.04. The molecule has 1 fully saturated rings. The van der Waals surface area contributed by atoms with Crippen molar-refractivity contribution >= 4 is 45.6 Å². The highest BCUT2D eigenvalue weighted by Crippen LogP contribution is 2.34. The number of nitrogens with zero attached hydrogens (tertiary/aromatic N) is 2. The lowest BCUT2D eigenvalue weighted by Gasteiger charge is -2.33. The van der Waals surface area contributed by atoms with Crippen LogP contribution in [-0.4, -0.2) is 46.2 Å². The van der Waals surface area contributed by atoms with Crippen LogP contribution >= 0.6 is 11.6 Å². The van der Waals surface area contributed by atoms with E-state index in [1.54, 1.807) is 18.2 Å². The van der Waals surface area contributed by atoms with E-state index in [9.17, 15) is 14.7 Å². The maximum Gasteiger partial charge on any atom is 0.305 e. The number of anilines is 1. The van der Waals surface area contributed by atoms with Gasteiger partial charge in [-0.25, -0.2) is 0 Å². The van der Waals surface area contributed by atoms with Crippen molar-refractivity contribution in [2.24, 2.45) is 4.99 Å². The van der Waals surface area contributed by atoms with Gasteiger partial charge >= 0.3 is 5.97 Å². The molecule has 6 nitrogen and oxygen atoms in total. The van der Waals surface area contributed by atoms with Gasteiger partial charge in [-0.15, -0.1) is 0 Å². The molecule has 0 saturated carbocycles. The third-order valence-corrected chi connectivity index (χ3v) is 8.26. The zero-order valence-corrected chi connectivity index (χ0v) is 24.1. The largest absolute Gasteiger partial charge is 0.481 e. The second kappa shape index (κ2) is 12.2. The summed E-state index contributed by atoms with van der Waals surface area (Å²) >= 11 is 6.53. The summed E-state index contributed by atoms with van der Waals surface area (Å²) in [5.74, 6) is -1.03. The monoisotopic (exact) mass is 567 g/mol. The number of carboxylic acid groups (broad SMARTS) is 1. The first-order valence-electron chi connectivity index (χ1n) is 14.0. The van der Waals surface area contributed by atoms with Crippen molar-refractivity contribution in [3.63, 3.8) is 0 Å². The first kappa shape index (κ1) is 28.5. The number of amides is 1. The molecule has 1 aliphatic rings. The summed E-state index contributed by atoms with van der Waals surface area (Å²) in [6.45, 7) is 5.73. The number of aliphatic carboxylic acids is 1. The molecule has 2 N–H and O–H groups in total. The number of benzene rings is 4. The number of nitrogens with one attached hydrogen (secondary N) is 1. The minimum Gasteiger partial charge on any atom is -0.481 e. The number of carbonyl (C=O) groups is 2. The van der Waals surface area contributed by atoms with Gasteiger partial charge in [0.2, 0.25) is 5.91 Å². The SMILES string of the molecule is CCN1CCC[C@]1(C)C(=O)Nc1ccc(Cl)cc1C(=N[C@@H](CC(=O)O)c1cccc2ccccc12)c1ccccc1.